The lowest BCUT2D eigenvalue weighted by Crippen LogP contribution is -2.36. The number of pyridine rings is 2. The van der Waals surface area contributed by atoms with E-state index in [0.717, 1.165) is 0 Å². The summed E-state index contributed by atoms with van der Waals surface area (Å²) < 4.78 is 81.3. The number of carbonyl (C=O) groups is 3. The number of hydrogen-bond donors (Lipinski definition) is 0. The lowest BCUT2D eigenvalue weighted by Gasteiger charge is -2.20. The van der Waals surface area contributed by atoms with Crippen molar-refractivity contribution in [2.24, 2.45) is 5.92 Å². The number of ketones is 3. The van der Waals surface area contributed by atoms with Gasteiger partial charge in [-0.3, -0.25) is 14.4 Å². The van der Waals surface area contributed by atoms with Crippen molar-refractivity contribution in [3.8, 4) is 0 Å². The van der Waals surface area contributed by atoms with Gasteiger partial charge in [0.25, 0.3) is 5.92 Å². The maximum Gasteiger partial charge on any atom is 0.434 e. The fourth-order valence-electron chi connectivity index (χ4n) is 3.14. The van der Waals surface area contributed by atoms with Crippen LogP contribution in [0.25, 0.3) is 11.0 Å². The Kier molecular flexibility index (Phi) is 4.96. The van der Waals surface area contributed by atoms with E-state index in [1.807, 2.05) is 0 Å². The number of hydrogen-bond acceptors (Lipinski definition) is 5. The van der Waals surface area contributed by atoms with Crippen molar-refractivity contribution >= 4 is 28.4 Å². The zero-order valence-corrected chi connectivity index (χ0v) is 14.7. The summed E-state index contributed by atoms with van der Waals surface area (Å²) in [4.78, 5) is 42.9. The van der Waals surface area contributed by atoms with Gasteiger partial charge < -0.3 is 0 Å². The zero-order valence-electron chi connectivity index (χ0n) is 14.7. The van der Waals surface area contributed by atoms with Crippen molar-refractivity contribution in [1.29, 1.82) is 0 Å². The summed E-state index contributed by atoms with van der Waals surface area (Å²) in [5, 5.41) is -0.456. The Bertz CT molecular complexity index is 1030. The van der Waals surface area contributed by atoms with Crippen LogP contribution >= 0.6 is 0 Å². The average Bonchev–Trinajstić information content (AvgIpc) is 2.58. The largest absolute Gasteiger partial charge is 0.434 e. The molecule has 0 unspecified atom stereocenters. The van der Waals surface area contributed by atoms with Gasteiger partial charge in [0.05, 0.1) is 5.56 Å². The van der Waals surface area contributed by atoms with Crippen molar-refractivity contribution in [3.63, 3.8) is 0 Å². The molecule has 0 atom stereocenters. The predicted octanol–water partition coefficient (Wildman–Crippen LogP) is 4.02. The van der Waals surface area contributed by atoms with Crippen LogP contribution in [0.1, 0.15) is 47.9 Å². The van der Waals surface area contributed by atoms with Gasteiger partial charge in [0.1, 0.15) is 11.6 Å². The zero-order chi connectivity index (χ0) is 21.7. The van der Waals surface area contributed by atoms with Crippen LogP contribution < -0.4 is 0 Å². The Morgan fingerprint density at radius 1 is 1.00 bits per heavy atom. The van der Waals surface area contributed by atoms with Crippen molar-refractivity contribution in [2.45, 2.75) is 38.3 Å². The first-order chi connectivity index (χ1) is 13.3. The Balaban J connectivity index is 2.24. The molecule has 0 aliphatic heterocycles. The highest BCUT2D eigenvalue weighted by Gasteiger charge is 2.43. The molecule has 29 heavy (non-hydrogen) atoms. The van der Waals surface area contributed by atoms with E-state index < -0.39 is 69.2 Å². The smallest absolute Gasteiger partial charge is 0.298 e. The van der Waals surface area contributed by atoms with Gasteiger partial charge in [0, 0.05) is 25.2 Å². The normalized spacial score (nSPS) is 16.5. The van der Waals surface area contributed by atoms with Gasteiger partial charge in [-0.2, -0.15) is 22.0 Å². The second-order valence-corrected chi connectivity index (χ2v) is 6.72. The van der Waals surface area contributed by atoms with Gasteiger partial charge in [0.2, 0.25) is 0 Å². The predicted molar refractivity (Wildman–Crippen MR) is 85.8 cm³/mol. The van der Waals surface area contributed by atoms with E-state index in [4.69, 9.17) is 0 Å². The molecule has 11 heteroatoms. The number of halogens is 6. The van der Waals surface area contributed by atoms with E-state index in [2.05, 4.69) is 9.97 Å². The number of nitrogens with zero attached hydrogens (tertiary/aromatic N) is 2. The maximum atomic E-state index is 14.0. The molecule has 2 heterocycles. The Hall–Kier alpha value is -2.85. The topological polar surface area (TPSA) is 77.0 Å². The molecular formula is C18H12F6N2O3. The van der Waals surface area contributed by atoms with E-state index in [9.17, 15) is 40.7 Å². The number of Topliss-reactive ketones (excluding diaryl/α,β-unsaturated/α-hetero) is 3. The maximum absolute atomic E-state index is 14.0. The first-order valence-electron chi connectivity index (χ1n) is 8.37. The summed E-state index contributed by atoms with van der Waals surface area (Å²) >= 11 is 0. The molecule has 0 aromatic carbocycles. The molecule has 1 aliphatic carbocycles. The first-order valence-corrected chi connectivity index (χ1v) is 8.37. The molecule has 2 aromatic rings. The minimum Gasteiger partial charge on any atom is -0.298 e. The van der Waals surface area contributed by atoms with Crippen molar-refractivity contribution in [2.75, 3.05) is 0 Å². The van der Waals surface area contributed by atoms with Crippen LogP contribution in [0.2, 0.25) is 0 Å². The Labute approximate surface area is 159 Å². The molecular weight excluding hydrogens is 406 g/mol. The molecule has 0 amide bonds. The number of rotatable bonds is 3. The van der Waals surface area contributed by atoms with Crippen LogP contribution in [0.5, 0.6) is 0 Å². The monoisotopic (exact) mass is 418 g/mol. The van der Waals surface area contributed by atoms with E-state index in [1.54, 1.807) is 0 Å². The van der Waals surface area contributed by atoms with E-state index in [1.165, 1.54) is 0 Å². The molecule has 0 saturated heterocycles. The molecule has 5 nitrogen and oxygen atoms in total. The van der Waals surface area contributed by atoms with Crippen LogP contribution in [0, 0.1) is 11.7 Å². The quantitative estimate of drug-likeness (QED) is 0.428. The van der Waals surface area contributed by atoms with E-state index in [0.29, 0.717) is 19.1 Å². The molecule has 0 bridgehead atoms. The van der Waals surface area contributed by atoms with Crippen LogP contribution in [0.4, 0.5) is 26.3 Å². The van der Waals surface area contributed by atoms with Gasteiger partial charge in [-0.1, -0.05) is 0 Å². The van der Waals surface area contributed by atoms with Gasteiger partial charge in [-0.15, -0.1) is 0 Å². The van der Waals surface area contributed by atoms with Gasteiger partial charge >= 0.3 is 6.18 Å². The van der Waals surface area contributed by atoms with Gasteiger partial charge in [0.15, 0.2) is 34.5 Å². The summed E-state index contributed by atoms with van der Waals surface area (Å²) in [5.74, 6) is -10.2. The number of aromatic nitrogens is 2. The van der Waals surface area contributed by atoms with Crippen LogP contribution in [-0.2, 0) is 21.7 Å². The lowest BCUT2D eigenvalue weighted by atomic mass is 9.81. The standard InChI is InChI=1S/C18H12F6N2O3/c1-17(20,21)15-9(19)6-7-5-8(14(18(22,23)24)25-16(7)26-15)13(29)12-10(27)3-2-4-11(12)28/h5-6,12H,2-4H2,1H3. The molecule has 0 radical (unpaired) electrons. The molecule has 1 aliphatic rings. The fourth-order valence-corrected chi connectivity index (χ4v) is 3.14. The number of carbonyl (C=O) groups excluding carboxylic acids is 3. The SMILES string of the molecule is CC(F)(F)c1nc2nc(C(F)(F)F)c(C(=O)C3C(=O)CCCC3=O)cc2cc1F. The third-order valence-electron chi connectivity index (χ3n) is 4.46. The fraction of sp³-hybridized carbons (Fsp3) is 0.389. The highest BCUT2D eigenvalue weighted by atomic mass is 19.4. The summed E-state index contributed by atoms with van der Waals surface area (Å²) in [6.07, 6.45) is -5.32. The van der Waals surface area contributed by atoms with Crippen molar-refractivity contribution in [1.82, 2.24) is 9.97 Å². The molecule has 154 valence electrons. The molecule has 1 fully saturated rings. The molecule has 0 N–H and O–H groups in total. The summed E-state index contributed by atoms with van der Waals surface area (Å²) in [6, 6.07) is 1.04. The van der Waals surface area contributed by atoms with E-state index in [-0.39, 0.29) is 19.3 Å². The third-order valence-corrected chi connectivity index (χ3v) is 4.46. The van der Waals surface area contributed by atoms with Crippen molar-refractivity contribution < 1.29 is 40.7 Å². The first kappa shape index (κ1) is 20.9. The number of fused-ring (bicyclic) bond motifs is 1. The summed E-state index contributed by atoms with van der Waals surface area (Å²) in [6.45, 7) is 0.313. The van der Waals surface area contributed by atoms with Crippen LogP contribution in [-0.4, -0.2) is 27.3 Å². The molecule has 3 rings (SSSR count). The minimum absolute atomic E-state index is 0.143. The second kappa shape index (κ2) is 6.89. The van der Waals surface area contributed by atoms with Crippen LogP contribution in [0.3, 0.4) is 0 Å². The minimum atomic E-state index is -5.22. The van der Waals surface area contributed by atoms with Crippen molar-refractivity contribution in [3.05, 3.63) is 34.9 Å². The highest BCUT2D eigenvalue weighted by Crippen LogP contribution is 2.36. The molecule has 0 spiro atoms. The Morgan fingerprint density at radius 2 is 1.55 bits per heavy atom. The second-order valence-electron chi connectivity index (χ2n) is 6.72. The molecule has 1 saturated carbocycles. The summed E-state index contributed by atoms with van der Waals surface area (Å²) in [7, 11) is 0. The lowest BCUT2D eigenvalue weighted by molar-refractivity contribution is -0.142. The van der Waals surface area contributed by atoms with E-state index >= 15 is 0 Å². The number of alkyl halides is 5. The average molecular weight is 418 g/mol. The highest BCUT2D eigenvalue weighted by molar-refractivity contribution is 6.25. The molecule has 2 aromatic heterocycles. The summed E-state index contributed by atoms with van der Waals surface area (Å²) in [5.41, 5.74) is -5.16. The van der Waals surface area contributed by atoms with Gasteiger partial charge in [-0.25, -0.2) is 14.4 Å². The van der Waals surface area contributed by atoms with Gasteiger partial charge in [-0.05, 0) is 18.6 Å². The van der Waals surface area contributed by atoms with Crippen LogP contribution in [0.15, 0.2) is 12.1 Å². The Morgan fingerprint density at radius 3 is 2.07 bits per heavy atom. The third kappa shape index (κ3) is 3.85.